The van der Waals surface area contributed by atoms with Crippen LogP contribution < -0.4 is 0 Å². The number of benzene rings is 3. The first-order valence-corrected chi connectivity index (χ1v) is 10.7. The smallest absolute Gasteiger partial charge is 0.337 e. The van der Waals surface area contributed by atoms with Gasteiger partial charge in [0.25, 0.3) is 0 Å². The molecule has 0 aliphatic carbocycles. The highest BCUT2D eigenvalue weighted by Crippen LogP contribution is 2.31. The van der Waals surface area contributed by atoms with Crippen molar-refractivity contribution in [1.29, 1.82) is 0 Å². The Morgan fingerprint density at radius 2 is 1.81 bits per heavy atom. The van der Waals surface area contributed by atoms with Crippen LogP contribution >= 0.6 is 0 Å². The molecule has 1 aromatic heterocycles. The fourth-order valence-corrected chi connectivity index (χ4v) is 4.43. The van der Waals surface area contributed by atoms with E-state index in [1.165, 1.54) is 0 Å². The molecule has 5 rings (SSSR count). The molecule has 1 aliphatic rings. The van der Waals surface area contributed by atoms with Crippen molar-refractivity contribution in [1.82, 2.24) is 14.9 Å². The van der Waals surface area contributed by atoms with Gasteiger partial charge in [0, 0.05) is 19.5 Å². The number of rotatable bonds is 5. The fourth-order valence-electron chi connectivity index (χ4n) is 4.43. The molecule has 0 spiro atoms. The van der Waals surface area contributed by atoms with E-state index in [1.807, 2.05) is 54.3 Å². The molecule has 0 saturated carbocycles. The van der Waals surface area contributed by atoms with Crippen LogP contribution in [-0.4, -0.2) is 38.4 Å². The summed E-state index contributed by atoms with van der Waals surface area (Å²) in [6.07, 6.45) is 1.56. The Balaban J connectivity index is 1.49. The minimum atomic E-state index is -0.995. The lowest BCUT2D eigenvalue weighted by atomic mass is 9.96. The van der Waals surface area contributed by atoms with Gasteiger partial charge in [-0.2, -0.15) is 0 Å². The van der Waals surface area contributed by atoms with E-state index in [9.17, 15) is 14.7 Å². The van der Waals surface area contributed by atoms with Crippen molar-refractivity contribution >= 4 is 22.9 Å². The Morgan fingerprint density at radius 3 is 2.53 bits per heavy atom. The number of carboxylic acids is 1. The molecule has 0 atom stereocenters. The summed E-state index contributed by atoms with van der Waals surface area (Å²) in [4.78, 5) is 33.2. The third-order valence-corrected chi connectivity index (χ3v) is 6.01. The summed E-state index contributed by atoms with van der Waals surface area (Å²) < 4.78 is 0. The Bertz CT molecular complexity index is 1340. The number of nitrogens with zero attached hydrogens (tertiary/aromatic N) is 2. The standard InChI is InChI=1S/C26H23N3O3/c1-16-27-23-14-20(13-22(26(31)32)25(23)28-16)17-8-10-18(11-9-17)21-6-3-2-5-19(21)15-29-12-4-7-24(29)30/h2-3,5-6,8-11,13-14H,4,7,12,15H2,1H3,(H,27,28)(H,31,32). The average Bonchev–Trinajstić information content (AvgIpc) is 3.37. The van der Waals surface area contributed by atoms with Crippen LogP contribution in [-0.2, 0) is 11.3 Å². The summed E-state index contributed by atoms with van der Waals surface area (Å²) in [7, 11) is 0. The first-order chi connectivity index (χ1) is 15.5. The van der Waals surface area contributed by atoms with Gasteiger partial charge in [-0.1, -0.05) is 48.5 Å². The molecule has 1 saturated heterocycles. The molecular formula is C26H23N3O3. The van der Waals surface area contributed by atoms with E-state index in [0.29, 0.717) is 29.8 Å². The number of hydrogen-bond acceptors (Lipinski definition) is 3. The third kappa shape index (κ3) is 3.64. The topological polar surface area (TPSA) is 86.3 Å². The number of aromatic carboxylic acids is 1. The van der Waals surface area contributed by atoms with Crippen molar-refractivity contribution in [3.63, 3.8) is 0 Å². The molecule has 6 nitrogen and oxygen atoms in total. The molecule has 3 aromatic carbocycles. The van der Waals surface area contributed by atoms with Crippen LogP contribution in [0.25, 0.3) is 33.3 Å². The number of aromatic nitrogens is 2. The number of aromatic amines is 1. The maximum absolute atomic E-state index is 12.1. The van der Waals surface area contributed by atoms with Gasteiger partial charge in [-0.05, 0) is 53.3 Å². The lowest BCUT2D eigenvalue weighted by Gasteiger charge is -2.18. The molecule has 0 radical (unpaired) electrons. The fraction of sp³-hybridized carbons (Fsp3) is 0.192. The predicted molar refractivity (Wildman–Crippen MR) is 123 cm³/mol. The lowest BCUT2D eigenvalue weighted by molar-refractivity contribution is -0.128. The third-order valence-electron chi connectivity index (χ3n) is 6.01. The Labute approximate surface area is 185 Å². The molecule has 1 amide bonds. The summed E-state index contributed by atoms with van der Waals surface area (Å²) in [5, 5.41) is 9.64. The van der Waals surface area contributed by atoms with Crippen molar-refractivity contribution in [3.05, 3.63) is 77.6 Å². The van der Waals surface area contributed by atoms with Crippen LogP contribution in [0.2, 0.25) is 0 Å². The molecule has 0 unspecified atom stereocenters. The van der Waals surface area contributed by atoms with E-state index < -0.39 is 5.97 Å². The highest BCUT2D eigenvalue weighted by molar-refractivity contribution is 6.03. The lowest BCUT2D eigenvalue weighted by Crippen LogP contribution is -2.24. The second kappa shape index (κ2) is 7.96. The van der Waals surface area contributed by atoms with Crippen LogP contribution in [0.1, 0.15) is 34.6 Å². The molecule has 1 fully saturated rings. The van der Waals surface area contributed by atoms with Crippen LogP contribution in [0.4, 0.5) is 0 Å². The van der Waals surface area contributed by atoms with Crippen molar-refractivity contribution in [2.45, 2.75) is 26.3 Å². The number of nitrogens with one attached hydrogen (secondary N) is 1. The summed E-state index contributed by atoms with van der Waals surface area (Å²) in [5.74, 6) is -0.0951. The minimum absolute atomic E-state index is 0.187. The van der Waals surface area contributed by atoms with Gasteiger partial charge in [0.15, 0.2) is 0 Å². The zero-order valence-corrected chi connectivity index (χ0v) is 17.8. The van der Waals surface area contributed by atoms with E-state index in [4.69, 9.17) is 0 Å². The Kier molecular flexibility index (Phi) is 4.98. The van der Waals surface area contributed by atoms with Gasteiger partial charge in [0.2, 0.25) is 5.91 Å². The highest BCUT2D eigenvalue weighted by atomic mass is 16.4. The number of fused-ring (bicyclic) bond motifs is 1. The zero-order chi connectivity index (χ0) is 22.2. The number of hydrogen-bond donors (Lipinski definition) is 2. The van der Waals surface area contributed by atoms with Crippen LogP contribution in [0.5, 0.6) is 0 Å². The number of imidazole rings is 1. The SMILES string of the molecule is Cc1nc2c(C(=O)O)cc(-c3ccc(-c4ccccc4CN4CCCC4=O)cc3)cc2[nH]1. The van der Waals surface area contributed by atoms with Crippen LogP contribution in [0, 0.1) is 6.92 Å². The first kappa shape index (κ1) is 20.0. The minimum Gasteiger partial charge on any atom is -0.478 e. The van der Waals surface area contributed by atoms with E-state index >= 15 is 0 Å². The van der Waals surface area contributed by atoms with Gasteiger partial charge >= 0.3 is 5.97 Å². The van der Waals surface area contributed by atoms with E-state index in [2.05, 4.69) is 22.1 Å². The molecular weight excluding hydrogens is 402 g/mol. The monoisotopic (exact) mass is 425 g/mol. The molecule has 160 valence electrons. The van der Waals surface area contributed by atoms with E-state index in [1.54, 1.807) is 6.07 Å². The summed E-state index contributed by atoms with van der Waals surface area (Å²) >= 11 is 0. The normalized spacial score (nSPS) is 13.8. The Hall–Kier alpha value is -3.93. The molecule has 2 heterocycles. The van der Waals surface area contributed by atoms with E-state index in [-0.39, 0.29) is 11.5 Å². The number of H-pyrrole nitrogens is 1. The van der Waals surface area contributed by atoms with Crippen molar-refractivity contribution in [2.24, 2.45) is 0 Å². The number of carboxylic acid groups (broad SMARTS) is 1. The largest absolute Gasteiger partial charge is 0.478 e. The molecule has 32 heavy (non-hydrogen) atoms. The Morgan fingerprint density at radius 1 is 1.06 bits per heavy atom. The quantitative estimate of drug-likeness (QED) is 0.470. The average molecular weight is 425 g/mol. The van der Waals surface area contributed by atoms with Gasteiger partial charge in [0.05, 0.1) is 11.1 Å². The van der Waals surface area contributed by atoms with Crippen molar-refractivity contribution in [2.75, 3.05) is 6.54 Å². The number of carbonyl (C=O) groups is 2. The van der Waals surface area contributed by atoms with Crippen molar-refractivity contribution in [3.8, 4) is 22.3 Å². The van der Waals surface area contributed by atoms with Crippen molar-refractivity contribution < 1.29 is 14.7 Å². The second-order valence-electron chi connectivity index (χ2n) is 8.20. The van der Waals surface area contributed by atoms with Crippen LogP contribution in [0.15, 0.2) is 60.7 Å². The van der Waals surface area contributed by atoms with Gasteiger partial charge in [-0.15, -0.1) is 0 Å². The predicted octanol–water partition coefficient (Wildman–Crippen LogP) is 5.03. The summed E-state index contributed by atoms with van der Waals surface area (Å²) in [6.45, 7) is 3.25. The number of amides is 1. The molecule has 6 heteroatoms. The number of aryl methyl sites for hydroxylation is 1. The van der Waals surface area contributed by atoms with Gasteiger partial charge in [0.1, 0.15) is 11.3 Å². The number of carbonyl (C=O) groups excluding carboxylic acids is 1. The van der Waals surface area contributed by atoms with Crippen LogP contribution in [0.3, 0.4) is 0 Å². The second-order valence-corrected chi connectivity index (χ2v) is 8.20. The zero-order valence-electron chi connectivity index (χ0n) is 17.8. The maximum Gasteiger partial charge on any atom is 0.337 e. The number of likely N-dealkylation sites (tertiary alicyclic amines) is 1. The highest BCUT2D eigenvalue weighted by Gasteiger charge is 2.21. The van der Waals surface area contributed by atoms with Gasteiger partial charge in [-0.25, -0.2) is 9.78 Å². The molecule has 0 bridgehead atoms. The van der Waals surface area contributed by atoms with Gasteiger partial charge in [-0.3, -0.25) is 4.79 Å². The van der Waals surface area contributed by atoms with Gasteiger partial charge < -0.3 is 15.0 Å². The first-order valence-electron chi connectivity index (χ1n) is 10.7. The molecule has 1 aliphatic heterocycles. The molecule has 2 N–H and O–H groups in total. The van der Waals surface area contributed by atoms with E-state index in [0.717, 1.165) is 40.8 Å². The molecule has 4 aromatic rings. The maximum atomic E-state index is 12.1. The summed E-state index contributed by atoms with van der Waals surface area (Å²) in [5.41, 5.74) is 6.41. The summed E-state index contributed by atoms with van der Waals surface area (Å²) in [6, 6.07) is 19.9.